The fraction of sp³-hybridized carbons (Fsp3) is 0.136. The first kappa shape index (κ1) is 20.9. The number of hydrogen-bond acceptors (Lipinski definition) is 6. The lowest BCUT2D eigenvalue weighted by molar-refractivity contribution is -0.119. The van der Waals surface area contributed by atoms with Crippen LogP contribution in [-0.4, -0.2) is 28.3 Å². The third-order valence-corrected chi connectivity index (χ3v) is 5.89. The number of halogens is 1. The molecule has 4 rings (SSSR count). The van der Waals surface area contributed by atoms with Crippen LogP contribution < -0.4 is 10.5 Å². The molecule has 0 saturated heterocycles. The SMILES string of the molecule is Cc1nn(-c2ccccc2Cl)c2sc(C(=O)OCc3cccc(OCC(N)=O)c3)cc12. The van der Waals surface area contributed by atoms with Crippen molar-refractivity contribution in [3.63, 3.8) is 0 Å². The summed E-state index contributed by atoms with van der Waals surface area (Å²) in [5.41, 5.74) is 7.36. The van der Waals surface area contributed by atoms with Crippen molar-refractivity contribution in [2.45, 2.75) is 13.5 Å². The van der Waals surface area contributed by atoms with E-state index >= 15 is 0 Å². The van der Waals surface area contributed by atoms with Crippen LogP contribution >= 0.6 is 22.9 Å². The van der Waals surface area contributed by atoms with Gasteiger partial charge in [-0.2, -0.15) is 5.10 Å². The van der Waals surface area contributed by atoms with Crippen molar-refractivity contribution in [2.75, 3.05) is 6.61 Å². The summed E-state index contributed by atoms with van der Waals surface area (Å²) in [6.45, 7) is 1.73. The number of ether oxygens (including phenoxy) is 2. The van der Waals surface area contributed by atoms with Gasteiger partial charge in [-0.1, -0.05) is 35.9 Å². The summed E-state index contributed by atoms with van der Waals surface area (Å²) in [5, 5.41) is 6.00. The maximum atomic E-state index is 12.7. The van der Waals surface area contributed by atoms with Gasteiger partial charge < -0.3 is 15.2 Å². The summed E-state index contributed by atoms with van der Waals surface area (Å²) in [4.78, 5) is 24.8. The second-order valence-electron chi connectivity index (χ2n) is 6.76. The van der Waals surface area contributed by atoms with Crippen LogP contribution in [0.4, 0.5) is 0 Å². The third-order valence-electron chi connectivity index (χ3n) is 4.48. The van der Waals surface area contributed by atoms with Gasteiger partial charge >= 0.3 is 5.97 Å². The molecule has 0 aliphatic heterocycles. The summed E-state index contributed by atoms with van der Waals surface area (Å²) in [6.07, 6.45) is 0. The molecule has 0 aliphatic carbocycles. The van der Waals surface area contributed by atoms with Crippen molar-refractivity contribution in [3.05, 3.63) is 75.8 Å². The zero-order valence-corrected chi connectivity index (χ0v) is 18.1. The van der Waals surface area contributed by atoms with Crippen LogP contribution in [0.3, 0.4) is 0 Å². The summed E-state index contributed by atoms with van der Waals surface area (Å²) >= 11 is 7.62. The molecule has 2 aromatic heterocycles. The molecule has 0 fully saturated rings. The number of amides is 1. The van der Waals surface area contributed by atoms with Crippen LogP contribution in [0.1, 0.15) is 20.9 Å². The molecule has 2 aromatic carbocycles. The summed E-state index contributed by atoms with van der Waals surface area (Å²) in [7, 11) is 0. The van der Waals surface area contributed by atoms with E-state index in [0.29, 0.717) is 15.6 Å². The predicted molar refractivity (Wildman–Crippen MR) is 119 cm³/mol. The van der Waals surface area contributed by atoms with Crippen molar-refractivity contribution in [2.24, 2.45) is 5.73 Å². The highest BCUT2D eigenvalue weighted by atomic mass is 35.5. The first-order valence-corrected chi connectivity index (χ1v) is 10.5. The van der Waals surface area contributed by atoms with E-state index in [0.717, 1.165) is 27.2 Å². The molecule has 158 valence electrons. The maximum Gasteiger partial charge on any atom is 0.348 e. The van der Waals surface area contributed by atoms with Crippen LogP contribution in [-0.2, 0) is 16.1 Å². The van der Waals surface area contributed by atoms with Gasteiger partial charge in [-0.15, -0.1) is 11.3 Å². The molecule has 2 N–H and O–H groups in total. The number of primary amides is 1. The molecule has 7 nitrogen and oxygen atoms in total. The van der Waals surface area contributed by atoms with Gasteiger partial charge in [0.2, 0.25) is 0 Å². The fourth-order valence-electron chi connectivity index (χ4n) is 3.03. The Bertz CT molecular complexity index is 1280. The highest BCUT2D eigenvalue weighted by Crippen LogP contribution is 2.32. The number of thiophene rings is 1. The monoisotopic (exact) mass is 455 g/mol. The van der Waals surface area contributed by atoms with Gasteiger partial charge in [0.15, 0.2) is 6.61 Å². The van der Waals surface area contributed by atoms with Crippen molar-refractivity contribution in [1.29, 1.82) is 0 Å². The Labute approximate surface area is 186 Å². The van der Waals surface area contributed by atoms with Crippen LogP contribution in [0.15, 0.2) is 54.6 Å². The predicted octanol–water partition coefficient (Wildman–Crippen LogP) is 4.27. The van der Waals surface area contributed by atoms with E-state index in [1.165, 1.54) is 11.3 Å². The van der Waals surface area contributed by atoms with E-state index in [9.17, 15) is 9.59 Å². The molecule has 31 heavy (non-hydrogen) atoms. The zero-order chi connectivity index (χ0) is 22.0. The van der Waals surface area contributed by atoms with Gasteiger partial charge in [0.1, 0.15) is 22.1 Å². The number of aryl methyl sites for hydroxylation is 1. The topological polar surface area (TPSA) is 96.4 Å². The number of esters is 1. The maximum absolute atomic E-state index is 12.7. The number of aromatic nitrogens is 2. The summed E-state index contributed by atoms with van der Waals surface area (Å²) in [6, 6.07) is 16.1. The Balaban J connectivity index is 1.51. The smallest absolute Gasteiger partial charge is 0.348 e. The molecular formula is C22H18ClN3O4S. The summed E-state index contributed by atoms with van der Waals surface area (Å²) in [5.74, 6) is -0.522. The lowest BCUT2D eigenvalue weighted by Gasteiger charge is -2.07. The molecule has 1 amide bonds. The second kappa shape index (κ2) is 8.79. The Kier molecular flexibility index (Phi) is 5.92. The van der Waals surface area contributed by atoms with Crippen molar-refractivity contribution >= 4 is 45.0 Å². The largest absolute Gasteiger partial charge is 0.484 e. The quantitative estimate of drug-likeness (QED) is 0.420. The first-order chi connectivity index (χ1) is 14.9. The zero-order valence-electron chi connectivity index (χ0n) is 16.5. The minimum absolute atomic E-state index is 0.0659. The molecular weight excluding hydrogens is 438 g/mol. The molecule has 0 atom stereocenters. The number of carbonyl (C=O) groups is 2. The summed E-state index contributed by atoms with van der Waals surface area (Å²) < 4.78 is 12.5. The minimum atomic E-state index is -0.563. The van der Waals surface area contributed by atoms with Crippen molar-refractivity contribution < 1.29 is 19.1 Å². The van der Waals surface area contributed by atoms with Gasteiger partial charge in [-0.05, 0) is 42.8 Å². The normalized spacial score (nSPS) is 10.9. The van der Waals surface area contributed by atoms with Crippen LogP contribution in [0, 0.1) is 6.92 Å². The average Bonchev–Trinajstić information content (AvgIpc) is 3.32. The number of fused-ring (bicyclic) bond motifs is 1. The molecule has 2 heterocycles. The van der Waals surface area contributed by atoms with Gasteiger partial charge in [0.05, 0.1) is 16.4 Å². The molecule has 0 radical (unpaired) electrons. The van der Waals surface area contributed by atoms with E-state index < -0.39 is 11.9 Å². The molecule has 0 saturated carbocycles. The van der Waals surface area contributed by atoms with Gasteiger partial charge in [0.25, 0.3) is 5.91 Å². The number of nitrogens with zero attached hydrogens (tertiary/aromatic N) is 2. The van der Waals surface area contributed by atoms with E-state index in [-0.39, 0.29) is 13.2 Å². The lowest BCUT2D eigenvalue weighted by Crippen LogP contribution is -2.20. The average molecular weight is 456 g/mol. The molecule has 0 spiro atoms. The number of hydrogen-bond donors (Lipinski definition) is 1. The minimum Gasteiger partial charge on any atom is -0.484 e. The van der Waals surface area contributed by atoms with Crippen LogP contribution in [0.25, 0.3) is 15.9 Å². The van der Waals surface area contributed by atoms with Gasteiger partial charge in [-0.3, -0.25) is 4.79 Å². The number of nitrogens with two attached hydrogens (primary N) is 1. The second-order valence-corrected chi connectivity index (χ2v) is 8.19. The van der Waals surface area contributed by atoms with E-state index in [1.807, 2.05) is 25.1 Å². The van der Waals surface area contributed by atoms with Crippen molar-refractivity contribution in [1.82, 2.24) is 9.78 Å². The molecule has 9 heteroatoms. The lowest BCUT2D eigenvalue weighted by atomic mass is 10.2. The van der Waals surface area contributed by atoms with Crippen LogP contribution in [0.5, 0.6) is 5.75 Å². The number of benzene rings is 2. The fourth-order valence-corrected chi connectivity index (χ4v) is 4.32. The van der Waals surface area contributed by atoms with E-state index in [1.54, 1.807) is 41.1 Å². The van der Waals surface area contributed by atoms with E-state index in [4.69, 9.17) is 26.8 Å². The standard InChI is InChI=1S/C22H18ClN3O4S/c1-13-16-10-19(31-21(16)26(25-13)18-8-3-2-7-17(18)23)22(28)30-11-14-5-4-6-15(9-14)29-12-20(24)27/h2-10H,11-12H2,1H3,(H2,24,27). The molecule has 0 bridgehead atoms. The van der Waals surface area contributed by atoms with Crippen molar-refractivity contribution in [3.8, 4) is 11.4 Å². The van der Waals surface area contributed by atoms with Crippen LogP contribution in [0.2, 0.25) is 5.02 Å². The Hall–Kier alpha value is -3.36. The highest BCUT2D eigenvalue weighted by Gasteiger charge is 2.19. The van der Waals surface area contributed by atoms with Gasteiger partial charge in [-0.25, -0.2) is 9.48 Å². The highest BCUT2D eigenvalue weighted by molar-refractivity contribution is 7.20. The Morgan fingerprint density at radius 3 is 2.74 bits per heavy atom. The Morgan fingerprint density at radius 1 is 1.16 bits per heavy atom. The number of rotatable bonds is 7. The number of para-hydroxylation sites is 1. The van der Waals surface area contributed by atoms with Gasteiger partial charge in [0, 0.05) is 5.39 Å². The third kappa shape index (κ3) is 4.55. The molecule has 0 unspecified atom stereocenters. The number of carbonyl (C=O) groups excluding carboxylic acids is 2. The Morgan fingerprint density at radius 2 is 1.97 bits per heavy atom. The van der Waals surface area contributed by atoms with E-state index in [2.05, 4.69) is 5.10 Å². The molecule has 4 aromatic rings. The molecule has 0 aliphatic rings. The first-order valence-electron chi connectivity index (χ1n) is 9.33.